The molecule has 0 aliphatic carbocycles. The van der Waals surface area contributed by atoms with Crippen molar-refractivity contribution < 1.29 is 27.5 Å². The number of hydrogen-bond acceptors (Lipinski definition) is 6. The van der Waals surface area contributed by atoms with Crippen molar-refractivity contribution in [2.45, 2.75) is 6.18 Å². The predicted octanol–water partition coefficient (Wildman–Crippen LogP) is 5.38. The Labute approximate surface area is 213 Å². The van der Waals surface area contributed by atoms with Gasteiger partial charge in [0.15, 0.2) is 5.82 Å². The number of aromatic nitrogens is 2. The molecule has 1 aliphatic heterocycles. The van der Waals surface area contributed by atoms with Gasteiger partial charge in [0.1, 0.15) is 0 Å². The first-order chi connectivity index (χ1) is 17.1. The number of carbonyl (C=O) groups excluding carboxylic acids is 2. The lowest BCUT2D eigenvalue weighted by Crippen LogP contribution is -2.49. The Bertz CT molecular complexity index is 1270. The zero-order valence-electron chi connectivity index (χ0n) is 18.4. The lowest BCUT2D eigenvalue weighted by molar-refractivity contribution is -0.138. The molecule has 0 saturated carbocycles. The Morgan fingerprint density at radius 3 is 2.28 bits per heavy atom. The quantitative estimate of drug-likeness (QED) is 0.479. The summed E-state index contributed by atoms with van der Waals surface area (Å²) in [4.78, 5) is 28.0. The van der Waals surface area contributed by atoms with Crippen molar-refractivity contribution in [3.63, 3.8) is 0 Å². The third-order valence-electron chi connectivity index (χ3n) is 5.34. The second-order valence-corrected chi connectivity index (χ2v) is 8.51. The van der Waals surface area contributed by atoms with Crippen LogP contribution in [0.2, 0.25) is 10.0 Å². The van der Waals surface area contributed by atoms with Crippen molar-refractivity contribution in [2.75, 3.05) is 36.4 Å². The number of alkyl halides is 3. The average molecular weight is 540 g/mol. The van der Waals surface area contributed by atoms with Gasteiger partial charge >= 0.3 is 12.3 Å². The zero-order chi connectivity index (χ0) is 25.9. The monoisotopic (exact) mass is 539 g/mol. The van der Waals surface area contributed by atoms with Gasteiger partial charge in [-0.15, -0.1) is 10.2 Å². The number of rotatable bonds is 4. The van der Waals surface area contributed by atoms with E-state index < -0.39 is 23.7 Å². The third-order valence-corrected chi connectivity index (χ3v) is 6.08. The first-order valence-electron chi connectivity index (χ1n) is 10.6. The molecule has 1 aliphatic rings. The Morgan fingerprint density at radius 2 is 1.64 bits per heavy atom. The van der Waals surface area contributed by atoms with E-state index in [4.69, 9.17) is 27.9 Å². The summed E-state index contributed by atoms with van der Waals surface area (Å²) < 4.78 is 44.9. The number of carbonyl (C=O) groups is 2. The maximum absolute atomic E-state index is 13.3. The average Bonchev–Trinajstić information content (AvgIpc) is 2.86. The number of nitrogens with zero attached hydrogens (tertiary/aromatic N) is 4. The van der Waals surface area contributed by atoms with Crippen LogP contribution in [0.1, 0.15) is 15.9 Å². The van der Waals surface area contributed by atoms with Gasteiger partial charge in [0.2, 0.25) is 5.88 Å². The molecule has 2 amide bonds. The number of anilines is 2. The summed E-state index contributed by atoms with van der Waals surface area (Å²) in [5.74, 6) is -0.255. The smallest absolute Gasteiger partial charge is 0.389 e. The van der Waals surface area contributed by atoms with Gasteiger partial charge in [-0.3, -0.25) is 10.1 Å². The predicted molar refractivity (Wildman–Crippen MR) is 128 cm³/mol. The molecule has 3 aromatic rings. The molecule has 1 N–H and O–H groups in total. The maximum atomic E-state index is 13.3. The van der Waals surface area contributed by atoms with Gasteiger partial charge in [-0.1, -0.05) is 35.3 Å². The number of nitrogens with one attached hydrogen (secondary N) is 1. The summed E-state index contributed by atoms with van der Waals surface area (Å²) >= 11 is 11.8. The second-order valence-electron chi connectivity index (χ2n) is 7.70. The van der Waals surface area contributed by atoms with Crippen molar-refractivity contribution in [1.29, 1.82) is 0 Å². The fraction of sp³-hybridized carbons (Fsp3) is 0.217. The van der Waals surface area contributed by atoms with Crippen LogP contribution in [0, 0.1) is 0 Å². The largest absolute Gasteiger partial charge is 0.418 e. The molecule has 13 heteroatoms. The van der Waals surface area contributed by atoms with E-state index in [2.05, 4.69) is 15.5 Å². The number of ether oxygens (including phenoxy) is 1. The molecule has 0 unspecified atom stereocenters. The molecule has 0 radical (unpaired) electrons. The van der Waals surface area contributed by atoms with Crippen molar-refractivity contribution in [2.24, 2.45) is 0 Å². The van der Waals surface area contributed by atoms with E-state index in [0.717, 1.165) is 6.07 Å². The number of piperazine rings is 1. The van der Waals surface area contributed by atoms with E-state index in [1.165, 1.54) is 41.3 Å². The van der Waals surface area contributed by atoms with E-state index in [-0.39, 0.29) is 29.6 Å². The van der Waals surface area contributed by atoms with Crippen molar-refractivity contribution in [3.8, 4) is 5.88 Å². The Kier molecular flexibility index (Phi) is 7.51. The van der Waals surface area contributed by atoms with E-state index in [0.29, 0.717) is 29.6 Å². The second kappa shape index (κ2) is 10.6. The molecule has 8 nitrogen and oxygen atoms in total. The maximum Gasteiger partial charge on any atom is 0.418 e. The summed E-state index contributed by atoms with van der Waals surface area (Å²) in [5, 5.41) is 11.0. The summed E-state index contributed by atoms with van der Waals surface area (Å²) in [6.45, 7) is 1.09. The minimum atomic E-state index is -4.62. The molecule has 0 spiro atoms. The van der Waals surface area contributed by atoms with Crippen LogP contribution in [0.3, 0.4) is 0 Å². The molecule has 4 rings (SSSR count). The van der Waals surface area contributed by atoms with Crippen LogP contribution in [0.5, 0.6) is 5.88 Å². The highest BCUT2D eigenvalue weighted by Crippen LogP contribution is 2.32. The molecule has 1 fully saturated rings. The molecule has 36 heavy (non-hydrogen) atoms. The Balaban J connectivity index is 1.33. The van der Waals surface area contributed by atoms with Crippen LogP contribution >= 0.6 is 23.2 Å². The molecular weight excluding hydrogens is 522 g/mol. The first kappa shape index (κ1) is 25.5. The van der Waals surface area contributed by atoms with Crippen molar-refractivity contribution in [3.05, 3.63) is 75.8 Å². The van der Waals surface area contributed by atoms with Crippen molar-refractivity contribution in [1.82, 2.24) is 15.1 Å². The van der Waals surface area contributed by atoms with Crippen LogP contribution in [0.15, 0.2) is 54.6 Å². The van der Waals surface area contributed by atoms with Crippen molar-refractivity contribution >= 4 is 46.7 Å². The summed E-state index contributed by atoms with van der Waals surface area (Å²) in [6.07, 6.45) is -5.42. The van der Waals surface area contributed by atoms with E-state index >= 15 is 0 Å². The lowest BCUT2D eigenvalue weighted by Gasteiger charge is -2.35. The summed E-state index contributed by atoms with van der Waals surface area (Å²) in [7, 11) is 0. The van der Waals surface area contributed by atoms with Crippen LogP contribution < -0.4 is 15.0 Å². The minimum absolute atomic E-state index is 0.0473. The molecule has 188 valence electrons. The number of amides is 2. The molecular formula is C23H18Cl2F3N5O3. The van der Waals surface area contributed by atoms with Gasteiger partial charge in [-0.2, -0.15) is 13.2 Å². The highest BCUT2D eigenvalue weighted by molar-refractivity contribution is 6.42. The van der Waals surface area contributed by atoms with Crippen LogP contribution in [0.25, 0.3) is 0 Å². The number of halogens is 5. The van der Waals surface area contributed by atoms with Gasteiger partial charge in [-0.05, 0) is 36.4 Å². The van der Waals surface area contributed by atoms with Gasteiger partial charge < -0.3 is 14.5 Å². The summed E-state index contributed by atoms with van der Waals surface area (Å²) in [5.41, 5.74) is -0.953. The zero-order valence-corrected chi connectivity index (χ0v) is 19.9. The first-order valence-corrected chi connectivity index (χ1v) is 11.4. The highest BCUT2D eigenvalue weighted by Gasteiger charge is 2.36. The van der Waals surface area contributed by atoms with E-state index in [1.54, 1.807) is 12.1 Å². The van der Waals surface area contributed by atoms with E-state index in [1.807, 2.05) is 4.90 Å². The summed E-state index contributed by atoms with van der Waals surface area (Å²) in [6, 6.07) is 12.3. The van der Waals surface area contributed by atoms with Crippen LogP contribution in [-0.4, -0.2) is 53.3 Å². The minimum Gasteiger partial charge on any atom is -0.389 e. The topological polar surface area (TPSA) is 87.7 Å². The molecule has 0 atom stereocenters. The van der Waals surface area contributed by atoms with Gasteiger partial charge in [0, 0.05) is 37.9 Å². The van der Waals surface area contributed by atoms with Crippen LogP contribution in [0.4, 0.5) is 29.5 Å². The molecule has 1 saturated heterocycles. The van der Waals surface area contributed by atoms with Gasteiger partial charge in [0.05, 0.1) is 21.2 Å². The van der Waals surface area contributed by atoms with Crippen LogP contribution in [-0.2, 0) is 6.18 Å². The number of hydrogen-bond donors (Lipinski definition) is 1. The molecule has 2 heterocycles. The number of benzene rings is 2. The molecule has 0 bridgehead atoms. The molecule has 2 aromatic carbocycles. The fourth-order valence-corrected chi connectivity index (χ4v) is 3.87. The highest BCUT2D eigenvalue weighted by atomic mass is 35.5. The fourth-order valence-electron chi connectivity index (χ4n) is 3.57. The van der Waals surface area contributed by atoms with E-state index in [9.17, 15) is 22.8 Å². The normalized spacial score (nSPS) is 13.9. The third kappa shape index (κ3) is 5.97. The lowest BCUT2D eigenvalue weighted by atomic mass is 10.1. The standard InChI is InChI=1S/C23H18Cl2F3N5O3/c24-17-6-5-14(13-18(17)25)29-22(35)36-20-8-7-19(30-31-20)32-9-11-33(12-10-32)21(34)15-3-1-2-4-16(15)23(26,27)28/h1-8,13H,9-12H2,(H,29,35). The van der Waals surface area contributed by atoms with Gasteiger partial charge in [-0.25, -0.2) is 4.79 Å². The SMILES string of the molecule is O=C(Nc1ccc(Cl)c(Cl)c1)Oc1ccc(N2CCN(C(=O)c3ccccc3C(F)(F)F)CC2)nn1. The Hall–Kier alpha value is -3.57. The van der Waals surface area contributed by atoms with Gasteiger partial charge in [0.25, 0.3) is 5.91 Å². The molecule has 1 aromatic heterocycles. The Morgan fingerprint density at radius 1 is 0.917 bits per heavy atom.